The van der Waals surface area contributed by atoms with Crippen molar-refractivity contribution in [1.29, 1.82) is 21.2 Å². The second-order valence-electron chi connectivity index (χ2n) is 7.07. The monoisotopic (exact) mass is 403 g/mol. The molecule has 2 bridgehead atoms. The third kappa shape index (κ3) is 2.13. The molecule has 1 aromatic carbocycles. The van der Waals surface area contributed by atoms with Gasteiger partial charge in [0.1, 0.15) is 6.10 Å². The summed E-state index contributed by atoms with van der Waals surface area (Å²) < 4.78 is 12.2. The van der Waals surface area contributed by atoms with Gasteiger partial charge in [0.25, 0.3) is 0 Å². The zero-order valence-electron chi connectivity index (χ0n) is 15.3. The van der Waals surface area contributed by atoms with Crippen LogP contribution in [0.25, 0.3) is 0 Å². The summed E-state index contributed by atoms with van der Waals surface area (Å²) in [6, 6.07) is 16.1. The van der Waals surface area contributed by atoms with Crippen LogP contribution < -0.4 is 0 Å². The fraction of sp³-hybridized carbons (Fsp3) is 0.286. The van der Waals surface area contributed by atoms with Gasteiger partial charge in [-0.05, 0) is 18.2 Å². The first kappa shape index (κ1) is 18.9. The molecule has 8 heteroatoms. The number of hydrogen-bond acceptors (Lipinski definition) is 7. The fourth-order valence-electron chi connectivity index (χ4n) is 4.40. The lowest BCUT2D eigenvalue weighted by Crippen LogP contribution is -2.57. The third-order valence-electron chi connectivity index (χ3n) is 5.88. The smallest absolute Gasteiger partial charge is 0.244 e. The van der Waals surface area contributed by atoms with E-state index in [1.165, 1.54) is 6.20 Å². The van der Waals surface area contributed by atoms with Gasteiger partial charge >= 0.3 is 0 Å². The van der Waals surface area contributed by atoms with Gasteiger partial charge < -0.3 is 9.47 Å². The Bertz CT molecular complexity index is 1120. The largest absolute Gasteiger partial charge is 0.443 e. The van der Waals surface area contributed by atoms with Crippen molar-refractivity contribution in [2.24, 2.45) is 16.7 Å². The van der Waals surface area contributed by atoms with Crippen molar-refractivity contribution >= 4 is 17.5 Å². The van der Waals surface area contributed by atoms with E-state index in [2.05, 4.69) is 11.1 Å². The van der Waals surface area contributed by atoms with Crippen LogP contribution in [0.2, 0.25) is 5.02 Å². The summed E-state index contributed by atoms with van der Waals surface area (Å²) in [6.45, 7) is 1.65. The van der Waals surface area contributed by atoms with Crippen LogP contribution in [0.4, 0.5) is 0 Å². The number of ether oxygens (including phenoxy) is 2. The molecule has 0 radical (unpaired) electrons. The van der Waals surface area contributed by atoms with E-state index in [1.807, 2.05) is 12.1 Å². The molecular weight excluding hydrogens is 390 g/mol. The van der Waals surface area contributed by atoms with Crippen molar-refractivity contribution in [3.63, 3.8) is 0 Å². The number of pyridine rings is 1. The minimum atomic E-state index is -2.01. The second-order valence-corrected chi connectivity index (χ2v) is 7.50. The van der Waals surface area contributed by atoms with Crippen molar-refractivity contribution in [1.82, 2.24) is 4.98 Å². The number of hydrogen-bond donors (Lipinski definition) is 1. The summed E-state index contributed by atoms with van der Waals surface area (Å²) in [5.41, 5.74) is -2.93. The first-order valence-corrected chi connectivity index (χ1v) is 9.15. The van der Waals surface area contributed by atoms with Crippen LogP contribution in [0.15, 0.2) is 48.8 Å². The molecule has 0 spiro atoms. The van der Waals surface area contributed by atoms with E-state index < -0.39 is 34.5 Å². The van der Waals surface area contributed by atoms with Gasteiger partial charge in [-0.1, -0.05) is 36.7 Å². The predicted molar refractivity (Wildman–Crippen MR) is 101 cm³/mol. The number of nitrogens with zero attached hydrogens (tertiary/aromatic N) is 4. The highest BCUT2D eigenvalue weighted by Gasteiger charge is 2.79. The van der Waals surface area contributed by atoms with Crippen LogP contribution in [0, 0.1) is 56.2 Å². The average molecular weight is 404 g/mol. The molecule has 7 nitrogen and oxygen atoms in total. The van der Waals surface area contributed by atoms with Crippen molar-refractivity contribution in [3.05, 3.63) is 64.9 Å². The molecule has 2 aliphatic rings. The first-order valence-electron chi connectivity index (χ1n) is 8.77. The van der Waals surface area contributed by atoms with E-state index in [4.69, 9.17) is 26.5 Å². The van der Waals surface area contributed by atoms with Crippen molar-refractivity contribution < 1.29 is 9.47 Å². The molecular formula is C21H14ClN5O2. The SMILES string of the molecule is CC1C2(c3cccc(Cl)c3)OC(=N)C1(C#N)C(C#N)(C#N)C(c1cccnc1)O2. The summed E-state index contributed by atoms with van der Waals surface area (Å²) in [5, 5.41) is 39.4. The maximum atomic E-state index is 10.2. The number of fused-ring (bicyclic) bond motifs is 2. The summed E-state index contributed by atoms with van der Waals surface area (Å²) >= 11 is 6.17. The van der Waals surface area contributed by atoms with Gasteiger partial charge in [0.2, 0.25) is 17.1 Å². The molecule has 142 valence electrons. The minimum absolute atomic E-state index is 0.424. The molecule has 4 unspecified atom stereocenters. The average Bonchev–Trinajstić information content (AvgIpc) is 2.91. The van der Waals surface area contributed by atoms with Crippen molar-refractivity contribution in [2.45, 2.75) is 18.8 Å². The van der Waals surface area contributed by atoms with Crippen LogP contribution in [-0.4, -0.2) is 10.9 Å². The molecule has 2 fully saturated rings. The minimum Gasteiger partial charge on any atom is -0.443 e. The van der Waals surface area contributed by atoms with Crippen molar-refractivity contribution in [2.75, 3.05) is 0 Å². The first-order chi connectivity index (χ1) is 13.9. The maximum absolute atomic E-state index is 10.2. The second kappa shape index (κ2) is 6.29. The normalized spacial score (nSPS) is 31.8. The molecule has 1 N–H and O–H groups in total. The summed E-state index contributed by atoms with van der Waals surface area (Å²) in [5.74, 6) is -2.87. The Balaban J connectivity index is 2.06. The Morgan fingerprint density at radius 1 is 1.14 bits per heavy atom. The van der Waals surface area contributed by atoms with Crippen molar-refractivity contribution in [3.8, 4) is 18.2 Å². The Morgan fingerprint density at radius 3 is 2.48 bits per heavy atom. The van der Waals surface area contributed by atoms with Gasteiger partial charge in [-0.15, -0.1) is 0 Å². The molecule has 2 aliphatic heterocycles. The van der Waals surface area contributed by atoms with Gasteiger partial charge in [-0.3, -0.25) is 10.4 Å². The molecule has 4 atom stereocenters. The lowest BCUT2D eigenvalue weighted by atomic mass is 9.53. The molecule has 1 aromatic heterocycles. The Labute approximate surface area is 172 Å². The molecule has 0 aliphatic carbocycles. The molecule has 29 heavy (non-hydrogen) atoms. The molecule has 0 amide bonds. The predicted octanol–water partition coefficient (Wildman–Crippen LogP) is 3.85. The quantitative estimate of drug-likeness (QED) is 0.811. The Morgan fingerprint density at radius 2 is 1.90 bits per heavy atom. The van der Waals surface area contributed by atoms with Crippen LogP contribution in [-0.2, 0) is 15.3 Å². The highest BCUT2D eigenvalue weighted by molar-refractivity contribution is 6.30. The molecule has 3 heterocycles. The lowest BCUT2D eigenvalue weighted by Gasteiger charge is -2.48. The molecule has 2 aromatic rings. The highest BCUT2D eigenvalue weighted by atomic mass is 35.5. The third-order valence-corrected chi connectivity index (χ3v) is 6.12. The zero-order chi connectivity index (χ0) is 20.9. The van der Waals surface area contributed by atoms with E-state index in [0.717, 1.165) is 0 Å². The molecule has 2 saturated heterocycles. The van der Waals surface area contributed by atoms with Crippen LogP contribution in [0.5, 0.6) is 0 Å². The number of halogens is 1. The fourth-order valence-corrected chi connectivity index (χ4v) is 4.60. The summed E-state index contributed by atoms with van der Waals surface area (Å²) in [4.78, 5) is 4.06. The number of rotatable bonds is 2. The lowest BCUT2D eigenvalue weighted by molar-refractivity contribution is -0.288. The Kier molecular flexibility index (Phi) is 4.10. The number of benzene rings is 1. The zero-order valence-corrected chi connectivity index (χ0v) is 16.0. The van der Waals surface area contributed by atoms with E-state index in [9.17, 15) is 15.8 Å². The molecule has 4 rings (SSSR count). The molecule has 0 saturated carbocycles. The number of nitriles is 3. The summed E-state index contributed by atoms with van der Waals surface area (Å²) in [6.07, 6.45) is 1.85. The van der Waals surface area contributed by atoms with Crippen LogP contribution in [0.3, 0.4) is 0 Å². The summed E-state index contributed by atoms with van der Waals surface area (Å²) in [7, 11) is 0. The topological polar surface area (TPSA) is 127 Å². The number of aromatic nitrogens is 1. The van der Waals surface area contributed by atoms with E-state index in [1.54, 1.807) is 49.5 Å². The maximum Gasteiger partial charge on any atom is 0.244 e. The van der Waals surface area contributed by atoms with Gasteiger partial charge in [0, 0.05) is 28.5 Å². The van der Waals surface area contributed by atoms with Gasteiger partial charge in [-0.25, -0.2) is 0 Å². The van der Waals surface area contributed by atoms with Gasteiger partial charge in [0.15, 0.2) is 5.41 Å². The Hall–Kier alpha value is -3.44. The van der Waals surface area contributed by atoms with E-state index in [0.29, 0.717) is 16.1 Å². The van der Waals surface area contributed by atoms with Crippen LogP contribution >= 0.6 is 11.6 Å². The van der Waals surface area contributed by atoms with E-state index in [-0.39, 0.29) is 0 Å². The number of nitrogens with one attached hydrogen (secondary N) is 1. The standard InChI is InChI=1S/C21H14ClN5O2/c1-13-20(12-25)18(26)29-21(13,15-5-2-6-16(22)8-15)28-17(19(20,10-23)11-24)14-4-3-7-27-9-14/h2-9,13,17,26H,1H3. The van der Waals surface area contributed by atoms with Gasteiger partial charge in [-0.2, -0.15) is 15.8 Å². The van der Waals surface area contributed by atoms with Crippen LogP contribution in [0.1, 0.15) is 24.2 Å². The highest BCUT2D eigenvalue weighted by Crippen LogP contribution is 2.68. The van der Waals surface area contributed by atoms with Gasteiger partial charge in [0.05, 0.1) is 24.1 Å². The van der Waals surface area contributed by atoms with E-state index >= 15 is 0 Å².